The Kier molecular flexibility index (Phi) is 3.82. The number of hydrogen-bond acceptors (Lipinski definition) is 7. The quantitative estimate of drug-likeness (QED) is 0.530. The van der Waals surface area contributed by atoms with Gasteiger partial charge in [-0.05, 0) is 37.8 Å². The molecule has 0 N–H and O–H groups in total. The molecule has 29 heavy (non-hydrogen) atoms. The molecule has 1 saturated heterocycles. The molecule has 8 nitrogen and oxygen atoms in total. The molecule has 4 heterocycles. The summed E-state index contributed by atoms with van der Waals surface area (Å²) in [5.74, 6) is 4.28. The average molecular weight is 387 g/mol. The van der Waals surface area contributed by atoms with Crippen LogP contribution < -0.4 is 4.90 Å². The summed E-state index contributed by atoms with van der Waals surface area (Å²) in [6.07, 6.45) is 4.36. The predicted molar refractivity (Wildman–Crippen MR) is 107 cm³/mol. The second kappa shape index (κ2) is 6.65. The highest BCUT2D eigenvalue weighted by Crippen LogP contribution is 2.40. The average Bonchev–Trinajstić information content (AvgIpc) is 3.36. The van der Waals surface area contributed by atoms with E-state index in [1.807, 2.05) is 47.0 Å². The maximum Gasteiger partial charge on any atom is 0.229 e. The Morgan fingerprint density at radius 2 is 1.69 bits per heavy atom. The zero-order valence-corrected chi connectivity index (χ0v) is 16.0. The lowest BCUT2D eigenvalue weighted by Gasteiger charge is -2.31. The van der Waals surface area contributed by atoms with E-state index in [1.54, 1.807) is 0 Å². The van der Waals surface area contributed by atoms with Crippen LogP contribution in [-0.4, -0.2) is 43.0 Å². The minimum absolute atomic E-state index is 0.362. The second-order valence-electron chi connectivity index (χ2n) is 7.88. The maximum absolute atomic E-state index is 5.44. The molecule has 0 radical (unpaired) electrons. The van der Waals surface area contributed by atoms with Crippen LogP contribution in [0, 0.1) is 0 Å². The number of anilines is 1. The van der Waals surface area contributed by atoms with E-state index in [-0.39, 0.29) is 0 Å². The summed E-state index contributed by atoms with van der Waals surface area (Å²) in [6.45, 7) is 1.83. The molecule has 4 aromatic rings. The Hall–Kier alpha value is -3.29. The first-order valence-corrected chi connectivity index (χ1v) is 10.2. The number of aromatic nitrogens is 6. The van der Waals surface area contributed by atoms with Crippen molar-refractivity contribution in [1.82, 2.24) is 30.0 Å². The van der Waals surface area contributed by atoms with Gasteiger partial charge in [0.1, 0.15) is 5.82 Å². The molecule has 1 aromatic carbocycles. The van der Waals surface area contributed by atoms with Crippen molar-refractivity contribution in [3.8, 4) is 11.4 Å². The van der Waals surface area contributed by atoms with Gasteiger partial charge in [0.15, 0.2) is 17.3 Å². The lowest BCUT2D eigenvalue weighted by atomic mass is 9.96. The summed E-state index contributed by atoms with van der Waals surface area (Å²) in [4.78, 5) is 6.95. The monoisotopic (exact) mass is 387 g/mol. The molecular formula is C21H21N7O. The Labute approximate surface area is 167 Å². The van der Waals surface area contributed by atoms with Crippen LogP contribution in [0.15, 0.2) is 47.0 Å². The number of benzene rings is 1. The largest absolute Gasteiger partial charge is 0.355 e. The van der Waals surface area contributed by atoms with E-state index in [4.69, 9.17) is 9.62 Å². The van der Waals surface area contributed by atoms with Crippen LogP contribution >= 0.6 is 0 Å². The van der Waals surface area contributed by atoms with Gasteiger partial charge in [0.25, 0.3) is 0 Å². The summed E-state index contributed by atoms with van der Waals surface area (Å²) in [7, 11) is 0. The SMILES string of the molecule is c1ccc(-c2nnc3ccc(N4CCC(c5noc(C6CC6)n5)CC4)nn23)cc1. The van der Waals surface area contributed by atoms with Crippen molar-refractivity contribution in [3.63, 3.8) is 0 Å². The Morgan fingerprint density at radius 3 is 2.48 bits per heavy atom. The predicted octanol–water partition coefficient (Wildman–Crippen LogP) is 3.44. The highest BCUT2D eigenvalue weighted by Gasteiger charge is 2.32. The van der Waals surface area contributed by atoms with Crippen LogP contribution in [0.2, 0.25) is 0 Å². The van der Waals surface area contributed by atoms with E-state index in [1.165, 1.54) is 12.8 Å². The molecule has 0 amide bonds. The molecule has 8 heteroatoms. The topological polar surface area (TPSA) is 85.2 Å². The Morgan fingerprint density at radius 1 is 0.862 bits per heavy atom. The molecule has 0 bridgehead atoms. The summed E-state index contributed by atoms with van der Waals surface area (Å²) in [5, 5.41) is 17.7. The molecule has 1 aliphatic heterocycles. The number of rotatable bonds is 4. The van der Waals surface area contributed by atoms with Crippen molar-refractivity contribution in [1.29, 1.82) is 0 Å². The van der Waals surface area contributed by atoms with Gasteiger partial charge in [0.2, 0.25) is 5.89 Å². The van der Waals surface area contributed by atoms with Gasteiger partial charge in [-0.1, -0.05) is 35.5 Å². The maximum atomic E-state index is 5.44. The molecule has 3 aromatic heterocycles. The van der Waals surface area contributed by atoms with Crippen molar-refractivity contribution in [2.45, 2.75) is 37.5 Å². The van der Waals surface area contributed by atoms with Crippen LogP contribution in [0.4, 0.5) is 5.82 Å². The van der Waals surface area contributed by atoms with E-state index in [2.05, 4.69) is 25.2 Å². The van der Waals surface area contributed by atoms with E-state index in [0.717, 1.165) is 60.5 Å². The third-order valence-corrected chi connectivity index (χ3v) is 5.85. The van der Waals surface area contributed by atoms with Crippen LogP contribution in [0.5, 0.6) is 0 Å². The molecule has 0 spiro atoms. The fraction of sp³-hybridized carbons (Fsp3) is 0.381. The van der Waals surface area contributed by atoms with Gasteiger partial charge in [0, 0.05) is 30.5 Å². The zero-order valence-electron chi connectivity index (χ0n) is 16.0. The van der Waals surface area contributed by atoms with Gasteiger partial charge in [-0.3, -0.25) is 0 Å². The van der Waals surface area contributed by atoms with E-state index in [9.17, 15) is 0 Å². The molecule has 0 atom stereocenters. The minimum Gasteiger partial charge on any atom is -0.355 e. The number of fused-ring (bicyclic) bond motifs is 1. The van der Waals surface area contributed by atoms with Gasteiger partial charge in [-0.25, -0.2) is 0 Å². The lowest BCUT2D eigenvalue weighted by Crippen LogP contribution is -2.34. The normalized spacial score (nSPS) is 17.9. The van der Waals surface area contributed by atoms with E-state index in [0.29, 0.717) is 11.8 Å². The molecule has 0 unspecified atom stereocenters. The minimum atomic E-state index is 0.362. The van der Waals surface area contributed by atoms with Gasteiger partial charge in [-0.2, -0.15) is 9.50 Å². The number of nitrogens with zero attached hydrogens (tertiary/aromatic N) is 7. The summed E-state index contributed by atoms with van der Waals surface area (Å²) in [5.41, 5.74) is 1.76. The molecule has 2 aliphatic rings. The van der Waals surface area contributed by atoms with Crippen molar-refractivity contribution in [2.24, 2.45) is 0 Å². The van der Waals surface area contributed by atoms with Crippen LogP contribution in [0.3, 0.4) is 0 Å². The summed E-state index contributed by atoms with van der Waals surface area (Å²) < 4.78 is 7.27. The van der Waals surface area contributed by atoms with Gasteiger partial charge in [0.05, 0.1) is 0 Å². The summed E-state index contributed by atoms with van der Waals surface area (Å²) in [6, 6.07) is 14.0. The molecule has 2 fully saturated rings. The smallest absolute Gasteiger partial charge is 0.229 e. The Balaban J connectivity index is 1.22. The van der Waals surface area contributed by atoms with E-state index >= 15 is 0 Å². The van der Waals surface area contributed by atoms with Crippen LogP contribution in [0.1, 0.15) is 49.2 Å². The fourth-order valence-corrected chi connectivity index (χ4v) is 3.99. The van der Waals surface area contributed by atoms with E-state index < -0.39 is 0 Å². The van der Waals surface area contributed by atoms with Gasteiger partial charge >= 0.3 is 0 Å². The second-order valence-corrected chi connectivity index (χ2v) is 7.88. The first-order chi connectivity index (χ1) is 14.3. The summed E-state index contributed by atoms with van der Waals surface area (Å²) >= 11 is 0. The van der Waals surface area contributed by atoms with Gasteiger partial charge < -0.3 is 9.42 Å². The lowest BCUT2D eigenvalue weighted by molar-refractivity contribution is 0.364. The van der Waals surface area contributed by atoms with Crippen molar-refractivity contribution < 1.29 is 4.52 Å². The Bertz CT molecular complexity index is 1140. The van der Waals surface area contributed by atoms with Crippen LogP contribution in [-0.2, 0) is 0 Å². The number of piperidine rings is 1. The molecular weight excluding hydrogens is 366 g/mol. The zero-order chi connectivity index (χ0) is 19.2. The standard InChI is InChI=1S/C21H21N7O/c1-2-4-15(5-3-1)20-24-23-17-8-9-18(25-28(17)20)27-12-10-14(11-13-27)19-22-21(29-26-19)16-6-7-16/h1-5,8-9,14,16H,6-7,10-13H2. The molecule has 146 valence electrons. The van der Waals surface area contributed by atoms with Gasteiger partial charge in [-0.15, -0.1) is 15.3 Å². The molecule has 1 aliphatic carbocycles. The molecule has 6 rings (SSSR count). The van der Waals surface area contributed by atoms with Crippen LogP contribution in [0.25, 0.3) is 17.0 Å². The number of hydrogen-bond donors (Lipinski definition) is 0. The van der Waals surface area contributed by atoms with Crippen molar-refractivity contribution >= 4 is 11.5 Å². The fourth-order valence-electron chi connectivity index (χ4n) is 3.99. The third kappa shape index (κ3) is 3.04. The first kappa shape index (κ1) is 16.6. The molecule has 1 saturated carbocycles. The first-order valence-electron chi connectivity index (χ1n) is 10.2. The van der Waals surface area contributed by atoms with Crippen molar-refractivity contribution in [2.75, 3.05) is 18.0 Å². The van der Waals surface area contributed by atoms with Crippen molar-refractivity contribution in [3.05, 3.63) is 54.2 Å². The highest BCUT2D eigenvalue weighted by molar-refractivity contribution is 5.59. The highest BCUT2D eigenvalue weighted by atomic mass is 16.5. The third-order valence-electron chi connectivity index (χ3n) is 5.85.